The zero-order chi connectivity index (χ0) is 10.8. The number of ether oxygens (including phenoxy) is 1. The lowest BCUT2D eigenvalue weighted by Crippen LogP contribution is -2.23. The summed E-state index contributed by atoms with van der Waals surface area (Å²) in [7, 11) is 0. The van der Waals surface area contributed by atoms with Gasteiger partial charge in [0, 0.05) is 0 Å². The van der Waals surface area contributed by atoms with Crippen molar-refractivity contribution in [2.75, 3.05) is 0 Å². The van der Waals surface area contributed by atoms with Crippen molar-refractivity contribution in [1.29, 1.82) is 5.26 Å². The Balaban J connectivity index is 3.10. The number of halogens is 1. The molecular weight excluding hydrogens is 198 g/mol. The second-order valence-electron chi connectivity index (χ2n) is 3.94. The number of nitriles is 1. The Morgan fingerprint density at radius 1 is 1.36 bits per heavy atom. The van der Waals surface area contributed by atoms with Crippen LogP contribution in [0.2, 0.25) is 5.02 Å². The predicted octanol–water partition coefficient (Wildman–Crippen LogP) is 3.39. The SMILES string of the molecule is CC(C)(C)Oc1cccc(Cl)c1C#N. The molecule has 0 aliphatic rings. The fourth-order valence-corrected chi connectivity index (χ4v) is 1.24. The zero-order valence-electron chi connectivity index (χ0n) is 8.47. The molecule has 0 heterocycles. The van der Waals surface area contributed by atoms with Crippen LogP contribution >= 0.6 is 11.6 Å². The molecule has 0 aliphatic heterocycles. The minimum atomic E-state index is -0.323. The van der Waals surface area contributed by atoms with Gasteiger partial charge in [0.05, 0.1) is 5.02 Å². The maximum absolute atomic E-state index is 8.88. The minimum Gasteiger partial charge on any atom is -0.487 e. The Labute approximate surface area is 89.1 Å². The van der Waals surface area contributed by atoms with Crippen LogP contribution in [0, 0.1) is 11.3 Å². The van der Waals surface area contributed by atoms with Gasteiger partial charge in [-0.2, -0.15) is 5.26 Å². The lowest BCUT2D eigenvalue weighted by molar-refractivity contribution is 0.130. The van der Waals surface area contributed by atoms with Crippen molar-refractivity contribution in [3.05, 3.63) is 28.8 Å². The van der Waals surface area contributed by atoms with Gasteiger partial charge in [-0.25, -0.2) is 0 Å². The molecule has 0 aliphatic carbocycles. The van der Waals surface area contributed by atoms with Crippen LogP contribution in [-0.2, 0) is 0 Å². The molecule has 0 aromatic heterocycles. The van der Waals surface area contributed by atoms with Gasteiger partial charge in [0.2, 0.25) is 0 Å². The standard InChI is InChI=1S/C11H12ClNO/c1-11(2,3)14-10-6-4-5-9(12)8(10)7-13/h4-6H,1-3H3. The average Bonchev–Trinajstić information content (AvgIpc) is 2.01. The van der Waals surface area contributed by atoms with E-state index in [1.165, 1.54) is 0 Å². The predicted molar refractivity (Wildman–Crippen MR) is 56.5 cm³/mol. The molecule has 1 aromatic rings. The largest absolute Gasteiger partial charge is 0.487 e. The van der Waals surface area contributed by atoms with Crippen LogP contribution in [0.3, 0.4) is 0 Å². The molecule has 74 valence electrons. The van der Waals surface area contributed by atoms with E-state index in [-0.39, 0.29) is 5.60 Å². The first kappa shape index (κ1) is 10.9. The summed E-state index contributed by atoms with van der Waals surface area (Å²) in [5.41, 5.74) is 0.0695. The van der Waals surface area contributed by atoms with Crippen LogP contribution in [0.5, 0.6) is 5.75 Å². The fraction of sp³-hybridized carbons (Fsp3) is 0.364. The molecule has 0 radical (unpaired) electrons. The van der Waals surface area contributed by atoms with E-state index in [0.717, 1.165) is 0 Å². The molecule has 0 N–H and O–H groups in total. The number of hydrogen-bond acceptors (Lipinski definition) is 2. The van der Waals surface area contributed by atoms with Gasteiger partial charge in [-0.05, 0) is 32.9 Å². The molecule has 0 spiro atoms. The van der Waals surface area contributed by atoms with Crippen molar-refractivity contribution in [3.63, 3.8) is 0 Å². The van der Waals surface area contributed by atoms with E-state index in [4.69, 9.17) is 21.6 Å². The van der Waals surface area contributed by atoms with Crippen molar-refractivity contribution >= 4 is 11.6 Å². The van der Waals surface area contributed by atoms with Crippen LogP contribution in [-0.4, -0.2) is 5.60 Å². The molecule has 0 bridgehead atoms. The van der Waals surface area contributed by atoms with Crippen LogP contribution in [0.4, 0.5) is 0 Å². The van der Waals surface area contributed by atoms with Gasteiger partial charge < -0.3 is 4.74 Å². The number of rotatable bonds is 1. The van der Waals surface area contributed by atoms with E-state index in [2.05, 4.69) is 0 Å². The second kappa shape index (κ2) is 3.89. The van der Waals surface area contributed by atoms with Crippen molar-refractivity contribution in [1.82, 2.24) is 0 Å². The third-order valence-electron chi connectivity index (χ3n) is 1.50. The monoisotopic (exact) mass is 209 g/mol. The number of benzene rings is 1. The summed E-state index contributed by atoms with van der Waals surface area (Å²) in [6.07, 6.45) is 0. The van der Waals surface area contributed by atoms with Crippen LogP contribution in [0.15, 0.2) is 18.2 Å². The van der Waals surface area contributed by atoms with E-state index >= 15 is 0 Å². The van der Waals surface area contributed by atoms with E-state index in [1.807, 2.05) is 26.8 Å². The summed E-state index contributed by atoms with van der Waals surface area (Å²) in [4.78, 5) is 0. The minimum absolute atomic E-state index is 0.323. The van der Waals surface area contributed by atoms with Crippen LogP contribution < -0.4 is 4.74 Å². The summed E-state index contributed by atoms with van der Waals surface area (Å²) in [6.45, 7) is 5.78. The molecule has 0 atom stereocenters. The van der Waals surface area contributed by atoms with Crippen molar-refractivity contribution in [3.8, 4) is 11.8 Å². The van der Waals surface area contributed by atoms with Gasteiger partial charge in [0.1, 0.15) is 23.0 Å². The van der Waals surface area contributed by atoms with Gasteiger partial charge in [-0.15, -0.1) is 0 Å². The van der Waals surface area contributed by atoms with E-state index in [1.54, 1.807) is 18.2 Å². The Kier molecular flexibility index (Phi) is 3.03. The third kappa shape index (κ3) is 2.65. The average molecular weight is 210 g/mol. The Morgan fingerprint density at radius 3 is 2.50 bits per heavy atom. The van der Waals surface area contributed by atoms with Crippen LogP contribution in [0.25, 0.3) is 0 Å². The number of nitrogens with zero attached hydrogens (tertiary/aromatic N) is 1. The Hall–Kier alpha value is -1.20. The smallest absolute Gasteiger partial charge is 0.139 e. The highest BCUT2D eigenvalue weighted by Crippen LogP contribution is 2.28. The highest BCUT2D eigenvalue weighted by Gasteiger charge is 2.15. The highest BCUT2D eigenvalue weighted by molar-refractivity contribution is 6.31. The van der Waals surface area contributed by atoms with Crippen molar-refractivity contribution < 1.29 is 4.74 Å². The van der Waals surface area contributed by atoms with E-state index in [9.17, 15) is 0 Å². The summed E-state index contributed by atoms with van der Waals surface area (Å²) >= 11 is 5.86. The lowest BCUT2D eigenvalue weighted by atomic mass is 10.1. The molecule has 2 nitrogen and oxygen atoms in total. The fourth-order valence-electron chi connectivity index (χ4n) is 1.03. The molecular formula is C11H12ClNO. The first-order chi connectivity index (χ1) is 6.44. The maximum atomic E-state index is 8.88. The molecule has 0 unspecified atom stereocenters. The first-order valence-electron chi connectivity index (χ1n) is 4.31. The van der Waals surface area contributed by atoms with Gasteiger partial charge >= 0.3 is 0 Å². The van der Waals surface area contributed by atoms with Gasteiger partial charge in [0.25, 0.3) is 0 Å². The van der Waals surface area contributed by atoms with Gasteiger partial charge in [-0.1, -0.05) is 17.7 Å². The molecule has 0 fully saturated rings. The van der Waals surface area contributed by atoms with Gasteiger partial charge in [-0.3, -0.25) is 0 Å². The third-order valence-corrected chi connectivity index (χ3v) is 1.82. The van der Waals surface area contributed by atoms with Crippen molar-refractivity contribution in [2.24, 2.45) is 0 Å². The lowest BCUT2D eigenvalue weighted by Gasteiger charge is -2.22. The summed E-state index contributed by atoms with van der Waals surface area (Å²) in [5, 5.41) is 9.31. The summed E-state index contributed by atoms with van der Waals surface area (Å²) < 4.78 is 5.60. The zero-order valence-corrected chi connectivity index (χ0v) is 9.22. The normalized spacial score (nSPS) is 10.8. The molecule has 0 saturated heterocycles. The molecule has 0 saturated carbocycles. The topological polar surface area (TPSA) is 33.0 Å². The molecule has 0 amide bonds. The van der Waals surface area contributed by atoms with E-state index in [0.29, 0.717) is 16.3 Å². The molecule has 1 aromatic carbocycles. The van der Waals surface area contributed by atoms with Crippen molar-refractivity contribution in [2.45, 2.75) is 26.4 Å². The summed E-state index contributed by atoms with van der Waals surface area (Å²) in [5.74, 6) is 0.535. The highest BCUT2D eigenvalue weighted by atomic mass is 35.5. The first-order valence-corrected chi connectivity index (χ1v) is 4.69. The Morgan fingerprint density at radius 2 is 2.00 bits per heavy atom. The quantitative estimate of drug-likeness (QED) is 0.710. The molecule has 3 heteroatoms. The van der Waals surface area contributed by atoms with Crippen LogP contribution in [0.1, 0.15) is 26.3 Å². The molecule has 14 heavy (non-hydrogen) atoms. The van der Waals surface area contributed by atoms with E-state index < -0.39 is 0 Å². The summed E-state index contributed by atoms with van der Waals surface area (Å²) in [6, 6.07) is 7.22. The Bertz CT molecular complexity index is 374. The maximum Gasteiger partial charge on any atom is 0.139 e. The second-order valence-corrected chi connectivity index (χ2v) is 4.35. The van der Waals surface area contributed by atoms with Gasteiger partial charge in [0.15, 0.2) is 0 Å². The molecule has 1 rings (SSSR count). The number of hydrogen-bond donors (Lipinski definition) is 0.